The van der Waals surface area contributed by atoms with Crippen LogP contribution in [0.25, 0.3) is 0 Å². The van der Waals surface area contributed by atoms with E-state index in [1.165, 1.54) is 38.1 Å². The minimum Gasteiger partial charge on any atom is -0.508 e. The third-order valence-electron chi connectivity index (χ3n) is 17.2. The zero-order valence-electron chi connectivity index (χ0n) is 62.8. The lowest BCUT2D eigenvalue weighted by molar-refractivity contribution is -0.143. The normalized spacial score (nSPS) is 15.2. The molecule has 0 aliphatic carbocycles. The summed E-state index contributed by atoms with van der Waals surface area (Å²) in [6.07, 6.45) is 3.22. The second kappa shape index (κ2) is 49.2. The van der Waals surface area contributed by atoms with Gasteiger partial charge in [-0.25, -0.2) is 4.79 Å². The van der Waals surface area contributed by atoms with Crippen LogP contribution < -0.4 is 92.5 Å². The summed E-state index contributed by atoms with van der Waals surface area (Å²) in [5, 5.41) is 60.8. The van der Waals surface area contributed by atoms with Gasteiger partial charge in [-0.2, -0.15) is 0 Å². The number of carboxylic acid groups (broad SMARTS) is 2. The van der Waals surface area contributed by atoms with Crippen molar-refractivity contribution in [2.24, 2.45) is 58.3 Å². The highest BCUT2D eigenvalue weighted by atomic mass is 16.4. The molecular weight excluding hydrogens is 1350 g/mol. The average molecular weight is 1470 g/mol. The Balaban J connectivity index is 3.45. The molecule has 104 heavy (non-hydrogen) atoms. The van der Waals surface area contributed by atoms with E-state index in [1.807, 2.05) is 0 Å². The number of benzene rings is 1. The van der Waals surface area contributed by atoms with Gasteiger partial charge in [0.2, 0.25) is 70.9 Å². The Morgan fingerprint density at radius 1 is 0.337 bits per heavy atom. The first-order chi connectivity index (χ1) is 48.8. The minimum atomic E-state index is -1.68. The van der Waals surface area contributed by atoms with Gasteiger partial charge in [0, 0.05) is 12.8 Å². The lowest BCUT2D eigenvalue weighted by Crippen LogP contribution is -2.61. The summed E-state index contributed by atoms with van der Waals surface area (Å²) in [5.41, 5.74) is 29.5. The molecule has 0 radical (unpaired) electrons. The molecule has 0 fully saturated rings. The number of phenolic OH excluding ortho intramolecular Hbond substituents is 1. The number of aromatic hydroxyl groups is 1. The number of nitrogens with one attached hydrogen (secondary N) is 12. The van der Waals surface area contributed by atoms with Gasteiger partial charge in [-0.1, -0.05) is 87.8 Å². The van der Waals surface area contributed by atoms with Crippen molar-refractivity contribution in [3.8, 4) is 5.75 Å². The molecule has 34 nitrogen and oxygen atoms in total. The van der Waals surface area contributed by atoms with Gasteiger partial charge in [0.1, 0.15) is 78.3 Å². The molecule has 0 saturated heterocycles. The first-order valence-electron chi connectivity index (χ1n) is 36.3. The third-order valence-corrected chi connectivity index (χ3v) is 17.2. The summed E-state index contributed by atoms with van der Waals surface area (Å²) in [5.74, 6) is -15.3. The van der Waals surface area contributed by atoms with Crippen LogP contribution in [0, 0.1) is 29.6 Å². The number of aliphatic carboxylic acids is 2. The van der Waals surface area contributed by atoms with Crippen molar-refractivity contribution in [1.29, 1.82) is 0 Å². The van der Waals surface area contributed by atoms with Crippen LogP contribution in [0.2, 0.25) is 0 Å². The van der Waals surface area contributed by atoms with Crippen molar-refractivity contribution in [2.75, 3.05) is 26.2 Å². The van der Waals surface area contributed by atoms with Crippen LogP contribution in [0.3, 0.4) is 0 Å². The zero-order valence-corrected chi connectivity index (χ0v) is 62.8. The highest BCUT2D eigenvalue weighted by molar-refractivity contribution is 6.00. The monoisotopic (exact) mass is 1470 g/mol. The van der Waals surface area contributed by atoms with E-state index in [9.17, 15) is 82.4 Å². The van der Waals surface area contributed by atoms with Gasteiger partial charge in [0.05, 0.1) is 6.04 Å². The molecule has 34 heteroatoms. The van der Waals surface area contributed by atoms with E-state index >= 15 is 0 Å². The van der Waals surface area contributed by atoms with Crippen LogP contribution in [0.5, 0.6) is 5.75 Å². The summed E-state index contributed by atoms with van der Waals surface area (Å²) >= 11 is 0. The minimum absolute atomic E-state index is 0.0570. The number of carboxylic acids is 2. The fraction of sp³-hybridized carbons (Fsp3) is 0.714. The number of carbonyl (C=O) groups is 14. The summed E-state index contributed by atoms with van der Waals surface area (Å²) < 4.78 is 0. The Hall–Kier alpha value is -8.60. The van der Waals surface area contributed by atoms with Gasteiger partial charge in [-0.3, -0.25) is 62.3 Å². The first kappa shape index (κ1) is 93.4. The van der Waals surface area contributed by atoms with E-state index in [-0.39, 0.29) is 56.9 Å². The molecule has 1 aromatic rings. The Morgan fingerprint density at radius 3 is 1.03 bits per heavy atom. The average Bonchev–Trinajstić information content (AvgIpc) is 0.853. The van der Waals surface area contributed by atoms with Gasteiger partial charge in [0.15, 0.2) is 0 Å². The molecule has 0 saturated carbocycles. The van der Waals surface area contributed by atoms with E-state index in [4.69, 9.17) is 28.7 Å². The second-order valence-electron chi connectivity index (χ2n) is 28.3. The SMILES string of the molecule is CC(C)C[C@H](NC(=O)[C@@H](NC(=O)[C@H](Cc1ccc(O)cc1)NC(=O)[C@H](CCC(=O)O)NC(=O)[C@H](C)NC(=O)[C@H](C)NC(=O)[C@@H](NC(=O)[C@@H](NC(=O)[C@H](CCCCN)NC(=O)[C@H](CCCCN)NC(=O)[C@H](CCCCN)NC(=O)[C@@H](N)CCCCN)C(C)C)C(C)C)C(C)C)C(=O)N[C@H](C(=O)O)C(C)C. The van der Waals surface area contributed by atoms with Crippen molar-refractivity contribution in [3.63, 3.8) is 0 Å². The lowest BCUT2D eigenvalue weighted by atomic mass is 9.98. The molecule has 0 bridgehead atoms. The van der Waals surface area contributed by atoms with Crippen molar-refractivity contribution in [1.82, 2.24) is 63.8 Å². The largest absolute Gasteiger partial charge is 0.508 e. The topological polar surface area (TPSA) is 574 Å². The smallest absolute Gasteiger partial charge is 0.326 e. The molecule has 13 atom stereocenters. The van der Waals surface area contributed by atoms with Gasteiger partial charge in [0.25, 0.3) is 0 Å². The highest BCUT2D eigenvalue weighted by Crippen LogP contribution is 2.17. The maximum Gasteiger partial charge on any atom is 0.326 e. The molecular formula is C70H123N17O17. The number of phenols is 1. The van der Waals surface area contributed by atoms with Gasteiger partial charge >= 0.3 is 11.9 Å². The van der Waals surface area contributed by atoms with E-state index in [0.717, 1.165) is 0 Å². The Bertz CT molecular complexity index is 2940. The Labute approximate surface area is 611 Å². The van der Waals surface area contributed by atoms with Crippen LogP contribution in [0.4, 0.5) is 0 Å². The molecule has 0 unspecified atom stereocenters. The first-order valence-corrected chi connectivity index (χ1v) is 36.3. The summed E-state index contributed by atoms with van der Waals surface area (Å²) in [4.78, 5) is 192. The van der Waals surface area contributed by atoms with Crippen molar-refractivity contribution in [3.05, 3.63) is 29.8 Å². The molecule has 0 aliphatic heterocycles. The highest BCUT2D eigenvalue weighted by Gasteiger charge is 2.38. The molecule has 0 aliphatic rings. The zero-order chi connectivity index (χ0) is 79.1. The van der Waals surface area contributed by atoms with Crippen LogP contribution in [0.1, 0.15) is 185 Å². The fourth-order valence-electron chi connectivity index (χ4n) is 10.8. The van der Waals surface area contributed by atoms with E-state index < -0.39 is 198 Å². The molecule has 1 aromatic carbocycles. The molecule has 0 spiro atoms. The number of amides is 12. The summed E-state index contributed by atoms with van der Waals surface area (Å²) in [6, 6.07) is -11.6. The number of hydrogen-bond donors (Lipinski definition) is 20. The molecule has 1 rings (SSSR count). The predicted octanol–water partition coefficient (Wildman–Crippen LogP) is -1.75. The maximum atomic E-state index is 14.4. The van der Waals surface area contributed by atoms with Gasteiger partial charge in [-0.05, 0) is 171 Å². The quantitative estimate of drug-likeness (QED) is 0.0322. The van der Waals surface area contributed by atoms with Gasteiger partial charge < -0.3 is 108 Å². The molecule has 0 heterocycles. The number of unbranched alkanes of at least 4 members (excludes halogenated alkanes) is 4. The lowest BCUT2D eigenvalue weighted by Gasteiger charge is -2.30. The number of rotatable bonds is 52. The van der Waals surface area contributed by atoms with Crippen LogP contribution in [0.15, 0.2) is 24.3 Å². The van der Waals surface area contributed by atoms with Crippen molar-refractivity contribution in [2.45, 2.75) is 264 Å². The predicted molar refractivity (Wildman–Crippen MR) is 389 cm³/mol. The van der Waals surface area contributed by atoms with Crippen LogP contribution >= 0.6 is 0 Å². The number of hydrogen-bond acceptors (Lipinski definition) is 20. The van der Waals surface area contributed by atoms with Crippen molar-refractivity contribution < 1.29 is 82.4 Å². The summed E-state index contributed by atoms with van der Waals surface area (Å²) in [7, 11) is 0. The molecule has 12 amide bonds. The molecule has 0 aromatic heterocycles. The molecule has 25 N–H and O–H groups in total. The second-order valence-corrected chi connectivity index (χ2v) is 28.3. The van der Waals surface area contributed by atoms with Crippen molar-refractivity contribution >= 4 is 82.8 Å². The van der Waals surface area contributed by atoms with Crippen LogP contribution in [-0.2, 0) is 73.5 Å². The van der Waals surface area contributed by atoms with E-state index in [2.05, 4.69) is 63.8 Å². The summed E-state index contributed by atoms with van der Waals surface area (Å²) in [6.45, 7) is 20.3. The number of carbonyl (C=O) groups excluding carboxylic acids is 12. The van der Waals surface area contributed by atoms with E-state index in [0.29, 0.717) is 76.4 Å². The maximum absolute atomic E-state index is 14.4. The molecule has 590 valence electrons. The standard InChI is InChI=1S/C70H123N17O17/c1-37(2)35-51(65(98)87-57(41(9)10)70(103)104)83-68(101)55(39(5)6)85-66(99)52(36-44-25-27-45(88)28-26-44)82-63(96)50(29-30-53(89)90)78-59(92)43(12)76-58(91)42(11)77-67(100)54(38(3)4)86-69(102)56(40(7)8)84-64(97)49(24-16-20-34-74)81-62(95)48(23-15-19-33-73)80-61(94)47(22-14-18-32-72)79-60(93)46(75)21-13-17-31-71/h25-28,37-43,46-52,54-57,88H,13-24,29-36,71-75H2,1-12H3,(H,76,91)(H,77,100)(H,78,92)(H,79,93)(H,80,94)(H,81,95)(H,82,96)(H,83,101)(H,84,97)(H,85,99)(H,86,102)(H,87,98)(H,89,90)(H,103,104)/t42-,43-,46-,47-,48-,49-,50-,51-,52-,54-,55-,56-,57-/m0/s1. The van der Waals surface area contributed by atoms with Gasteiger partial charge in [-0.15, -0.1) is 0 Å². The van der Waals surface area contributed by atoms with E-state index in [1.54, 1.807) is 69.2 Å². The fourth-order valence-corrected chi connectivity index (χ4v) is 10.8. The number of nitrogens with two attached hydrogens (primary N) is 5. The van der Waals surface area contributed by atoms with Crippen LogP contribution in [-0.4, -0.2) is 203 Å². The Morgan fingerprint density at radius 2 is 0.635 bits per heavy atom. The third kappa shape index (κ3) is 35.3. The Kier molecular flexibility index (Phi) is 44.2.